The highest BCUT2D eigenvalue weighted by Gasteiger charge is 2.09. The summed E-state index contributed by atoms with van der Waals surface area (Å²) in [4.78, 5) is 22.2. The molecule has 7 heteroatoms. The van der Waals surface area contributed by atoms with Gasteiger partial charge in [0.25, 0.3) is 5.91 Å². The molecule has 1 aromatic carbocycles. The van der Waals surface area contributed by atoms with E-state index in [2.05, 4.69) is 31.5 Å². The lowest BCUT2D eigenvalue weighted by atomic mass is 10.1. The first-order valence-corrected chi connectivity index (χ1v) is 6.25. The van der Waals surface area contributed by atoms with Crippen LogP contribution in [0, 0.1) is 13.8 Å². The van der Waals surface area contributed by atoms with Gasteiger partial charge in [0.1, 0.15) is 5.75 Å². The van der Waals surface area contributed by atoms with Crippen LogP contribution in [0.4, 0.5) is 4.79 Å². The molecule has 0 fully saturated rings. The summed E-state index contributed by atoms with van der Waals surface area (Å²) in [6, 6.07) is 3.79. The van der Waals surface area contributed by atoms with Crippen LogP contribution in [0.25, 0.3) is 0 Å². The van der Waals surface area contributed by atoms with Gasteiger partial charge in [-0.1, -0.05) is 15.9 Å². The van der Waals surface area contributed by atoms with Crippen molar-refractivity contribution in [1.82, 2.24) is 10.9 Å². The Kier molecular flexibility index (Phi) is 5.62. The Labute approximate surface area is 119 Å². The van der Waals surface area contributed by atoms with Crippen molar-refractivity contribution >= 4 is 27.9 Å². The zero-order valence-electron chi connectivity index (χ0n) is 10.9. The number of nitrogens with one attached hydrogen (secondary N) is 2. The van der Waals surface area contributed by atoms with Crippen LogP contribution in [0.3, 0.4) is 0 Å². The predicted octanol–water partition coefficient (Wildman–Crippen LogP) is 1.83. The summed E-state index contributed by atoms with van der Waals surface area (Å²) in [6.45, 7) is 3.57. The van der Waals surface area contributed by atoms with Crippen molar-refractivity contribution in [2.24, 2.45) is 0 Å². The molecule has 0 spiro atoms. The fourth-order valence-electron chi connectivity index (χ4n) is 1.47. The second-order valence-corrected chi connectivity index (χ2v) is 4.74. The molecule has 2 N–H and O–H groups in total. The molecule has 0 unspecified atom stereocenters. The molecule has 1 aromatic rings. The molecule has 0 saturated heterocycles. The summed E-state index contributed by atoms with van der Waals surface area (Å²) in [6.07, 6.45) is -0.746. The van der Waals surface area contributed by atoms with Crippen LogP contribution in [0.1, 0.15) is 11.1 Å². The van der Waals surface area contributed by atoms with Crippen LogP contribution in [-0.2, 0) is 9.53 Å². The number of hydrogen-bond acceptors (Lipinski definition) is 4. The zero-order chi connectivity index (χ0) is 14.4. The zero-order valence-corrected chi connectivity index (χ0v) is 12.5. The topological polar surface area (TPSA) is 76.7 Å². The molecule has 0 aliphatic rings. The van der Waals surface area contributed by atoms with Crippen LogP contribution in [0.2, 0.25) is 0 Å². The van der Waals surface area contributed by atoms with Gasteiger partial charge in [-0.25, -0.2) is 10.2 Å². The van der Waals surface area contributed by atoms with Crippen molar-refractivity contribution in [3.8, 4) is 5.75 Å². The molecule has 0 heterocycles. The first kappa shape index (κ1) is 15.3. The first-order valence-electron chi connectivity index (χ1n) is 5.46. The SMILES string of the molecule is COC(=O)NNC(=O)COc1c(C)cc(Br)cc1C. The van der Waals surface area contributed by atoms with E-state index in [4.69, 9.17) is 4.74 Å². The molecule has 0 bridgehead atoms. The van der Waals surface area contributed by atoms with Crippen LogP contribution in [0.5, 0.6) is 5.75 Å². The predicted molar refractivity (Wildman–Crippen MR) is 72.8 cm³/mol. The normalized spacial score (nSPS) is 9.68. The van der Waals surface area contributed by atoms with Gasteiger partial charge in [-0.05, 0) is 37.1 Å². The Morgan fingerprint density at radius 2 is 1.79 bits per heavy atom. The average Bonchev–Trinajstić information content (AvgIpc) is 2.34. The summed E-state index contributed by atoms with van der Waals surface area (Å²) in [5, 5.41) is 0. The minimum Gasteiger partial charge on any atom is -0.483 e. The van der Waals surface area contributed by atoms with E-state index in [1.54, 1.807) is 0 Å². The lowest BCUT2D eigenvalue weighted by molar-refractivity contribution is -0.123. The second kappa shape index (κ2) is 6.98. The van der Waals surface area contributed by atoms with Crippen molar-refractivity contribution in [2.75, 3.05) is 13.7 Å². The maximum atomic E-state index is 11.4. The van der Waals surface area contributed by atoms with E-state index in [0.29, 0.717) is 5.75 Å². The van der Waals surface area contributed by atoms with Crippen LogP contribution >= 0.6 is 15.9 Å². The van der Waals surface area contributed by atoms with Crippen molar-refractivity contribution in [1.29, 1.82) is 0 Å². The van der Waals surface area contributed by atoms with Crippen molar-refractivity contribution in [3.63, 3.8) is 0 Å². The number of amides is 2. The summed E-state index contributed by atoms with van der Waals surface area (Å²) in [5.74, 6) is 0.170. The van der Waals surface area contributed by atoms with E-state index in [1.807, 2.05) is 26.0 Å². The lowest BCUT2D eigenvalue weighted by Gasteiger charge is -2.12. The van der Waals surface area contributed by atoms with Gasteiger partial charge in [-0.15, -0.1) is 0 Å². The monoisotopic (exact) mass is 330 g/mol. The Bertz CT molecular complexity index is 468. The molecule has 0 aromatic heterocycles. The summed E-state index contributed by atoms with van der Waals surface area (Å²) >= 11 is 3.38. The number of carbonyl (C=O) groups excluding carboxylic acids is 2. The van der Waals surface area contributed by atoms with Crippen LogP contribution < -0.4 is 15.6 Å². The van der Waals surface area contributed by atoms with E-state index < -0.39 is 12.0 Å². The molecular formula is C12H15BrN2O4. The number of hydrazine groups is 1. The maximum Gasteiger partial charge on any atom is 0.425 e. The summed E-state index contributed by atoms with van der Waals surface area (Å²) in [7, 11) is 1.20. The number of aryl methyl sites for hydroxylation is 2. The standard InChI is InChI=1S/C12H15BrN2O4/c1-7-4-9(13)5-8(2)11(7)19-6-10(16)14-15-12(17)18-3/h4-5H,6H2,1-3H3,(H,14,16)(H,15,17). The smallest absolute Gasteiger partial charge is 0.425 e. The maximum absolute atomic E-state index is 11.4. The quantitative estimate of drug-likeness (QED) is 0.829. The fourth-order valence-corrected chi connectivity index (χ4v) is 2.16. The second-order valence-electron chi connectivity index (χ2n) is 3.82. The molecule has 104 valence electrons. The molecule has 0 aliphatic heterocycles. The number of benzene rings is 1. The minimum atomic E-state index is -0.746. The number of hydrogen-bond donors (Lipinski definition) is 2. The van der Waals surface area contributed by atoms with Crippen molar-refractivity contribution < 1.29 is 19.1 Å². The van der Waals surface area contributed by atoms with E-state index in [1.165, 1.54) is 7.11 Å². The van der Waals surface area contributed by atoms with Gasteiger partial charge in [0.2, 0.25) is 0 Å². The van der Waals surface area contributed by atoms with Crippen molar-refractivity contribution in [3.05, 3.63) is 27.7 Å². The van der Waals surface area contributed by atoms with Crippen LogP contribution in [0.15, 0.2) is 16.6 Å². The number of rotatable bonds is 3. The van der Waals surface area contributed by atoms with Gasteiger partial charge in [0, 0.05) is 4.47 Å². The van der Waals surface area contributed by atoms with E-state index >= 15 is 0 Å². The molecule has 0 saturated carbocycles. The van der Waals surface area contributed by atoms with E-state index in [-0.39, 0.29) is 6.61 Å². The number of carbonyl (C=O) groups is 2. The highest BCUT2D eigenvalue weighted by atomic mass is 79.9. The van der Waals surface area contributed by atoms with Gasteiger partial charge >= 0.3 is 6.09 Å². The minimum absolute atomic E-state index is 0.201. The molecule has 0 aliphatic carbocycles. The van der Waals surface area contributed by atoms with Gasteiger partial charge in [-0.2, -0.15) is 0 Å². The van der Waals surface area contributed by atoms with Gasteiger partial charge in [0.15, 0.2) is 6.61 Å². The molecule has 6 nitrogen and oxygen atoms in total. The number of methoxy groups -OCH3 is 1. The third-order valence-corrected chi connectivity index (χ3v) is 2.72. The van der Waals surface area contributed by atoms with Crippen LogP contribution in [-0.4, -0.2) is 25.7 Å². The average molecular weight is 331 g/mol. The molecular weight excluding hydrogens is 316 g/mol. The third kappa shape index (κ3) is 4.78. The van der Waals surface area contributed by atoms with Gasteiger partial charge in [-0.3, -0.25) is 10.2 Å². The fraction of sp³-hybridized carbons (Fsp3) is 0.333. The molecule has 2 amide bonds. The highest BCUT2D eigenvalue weighted by molar-refractivity contribution is 9.10. The Balaban J connectivity index is 2.53. The number of ether oxygens (including phenoxy) is 2. The van der Waals surface area contributed by atoms with Crippen molar-refractivity contribution in [2.45, 2.75) is 13.8 Å². The molecule has 1 rings (SSSR count). The first-order chi connectivity index (χ1) is 8.93. The van der Waals surface area contributed by atoms with E-state index in [0.717, 1.165) is 15.6 Å². The Morgan fingerprint density at radius 3 is 2.32 bits per heavy atom. The highest BCUT2D eigenvalue weighted by Crippen LogP contribution is 2.27. The lowest BCUT2D eigenvalue weighted by Crippen LogP contribution is -2.43. The Hall–Kier alpha value is -1.76. The number of halogens is 1. The summed E-state index contributed by atoms with van der Waals surface area (Å²) < 4.78 is 10.7. The summed E-state index contributed by atoms with van der Waals surface area (Å²) in [5.41, 5.74) is 6.05. The van der Waals surface area contributed by atoms with E-state index in [9.17, 15) is 9.59 Å². The largest absolute Gasteiger partial charge is 0.483 e. The third-order valence-electron chi connectivity index (χ3n) is 2.26. The Morgan fingerprint density at radius 1 is 1.21 bits per heavy atom. The molecule has 19 heavy (non-hydrogen) atoms. The van der Waals surface area contributed by atoms with Gasteiger partial charge in [0.05, 0.1) is 7.11 Å². The van der Waals surface area contributed by atoms with Gasteiger partial charge < -0.3 is 9.47 Å². The molecule has 0 radical (unpaired) electrons. The molecule has 0 atom stereocenters.